The Hall–Kier alpha value is -3.96. The average Bonchev–Trinajstić information content (AvgIpc) is 3.04. The van der Waals surface area contributed by atoms with E-state index in [9.17, 15) is 0 Å². The molecule has 2 atom stereocenters. The van der Waals surface area contributed by atoms with E-state index in [-0.39, 0.29) is 12.2 Å². The van der Waals surface area contributed by atoms with Crippen LogP contribution in [0.2, 0.25) is 0 Å². The highest BCUT2D eigenvalue weighted by molar-refractivity contribution is 5.57. The molecule has 0 saturated heterocycles. The molecule has 0 fully saturated rings. The van der Waals surface area contributed by atoms with Crippen LogP contribution in [0.15, 0.2) is 84.9 Å². The SMILES string of the molecule is CCN(CC)c1ccc(C(OC(c2ccc(N(C)C)cc2)c2ccc(N(CC)CC)c(C)c2)c2ccc(N(C)C)cc2)cc1C. The van der Waals surface area contributed by atoms with Crippen molar-refractivity contribution in [2.75, 3.05) is 74.0 Å². The summed E-state index contributed by atoms with van der Waals surface area (Å²) >= 11 is 0. The Morgan fingerprint density at radius 3 is 1.04 bits per heavy atom. The summed E-state index contributed by atoms with van der Waals surface area (Å²) in [5, 5.41) is 0. The van der Waals surface area contributed by atoms with Crippen molar-refractivity contribution in [2.45, 2.75) is 53.8 Å². The highest BCUT2D eigenvalue weighted by atomic mass is 16.5. The van der Waals surface area contributed by atoms with Gasteiger partial charge >= 0.3 is 0 Å². The lowest BCUT2D eigenvalue weighted by atomic mass is 9.95. The van der Waals surface area contributed by atoms with Crippen molar-refractivity contribution in [1.29, 1.82) is 0 Å². The lowest BCUT2D eigenvalue weighted by molar-refractivity contribution is 0.0308. The second kappa shape index (κ2) is 15.4. The Morgan fingerprint density at radius 2 is 0.778 bits per heavy atom. The minimum absolute atomic E-state index is 0.257. The van der Waals surface area contributed by atoms with Gasteiger partial charge in [-0.25, -0.2) is 0 Å². The van der Waals surface area contributed by atoms with Crippen LogP contribution in [0.5, 0.6) is 0 Å². The van der Waals surface area contributed by atoms with E-state index in [1.807, 2.05) is 0 Å². The molecule has 0 aliphatic heterocycles. The molecule has 0 saturated carbocycles. The maximum absolute atomic E-state index is 7.36. The molecule has 0 amide bonds. The van der Waals surface area contributed by atoms with E-state index in [0.29, 0.717) is 0 Å². The van der Waals surface area contributed by atoms with Gasteiger partial charge in [0.2, 0.25) is 0 Å². The van der Waals surface area contributed by atoms with Crippen LogP contribution in [0.3, 0.4) is 0 Å². The quantitative estimate of drug-likeness (QED) is 0.142. The standard InChI is InChI=1S/C40H54N4O/c1-11-43(12-2)37-25-19-33(27-29(37)5)39(31-15-21-35(22-16-31)41(7)8)45-40(32-17-23-36(24-18-32)42(9)10)34-20-26-38(30(6)28-34)44(13-3)14-4/h15-28,39-40H,11-14H2,1-10H3. The monoisotopic (exact) mass is 606 g/mol. The molecule has 0 aromatic heterocycles. The van der Waals surface area contributed by atoms with Crippen LogP contribution in [-0.4, -0.2) is 54.4 Å². The first-order valence-electron chi connectivity index (χ1n) is 16.5. The van der Waals surface area contributed by atoms with Gasteiger partial charge in [-0.15, -0.1) is 0 Å². The van der Waals surface area contributed by atoms with Gasteiger partial charge in [0.05, 0.1) is 0 Å². The molecule has 45 heavy (non-hydrogen) atoms. The fourth-order valence-corrected chi connectivity index (χ4v) is 6.25. The Kier molecular flexibility index (Phi) is 11.6. The number of aryl methyl sites for hydroxylation is 2. The molecule has 0 aliphatic carbocycles. The number of anilines is 4. The van der Waals surface area contributed by atoms with Crippen LogP contribution < -0.4 is 19.6 Å². The molecule has 240 valence electrons. The minimum atomic E-state index is -0.257. The Labute approximate surface area is 273 Å². The number of ether oxygens (including phenoxy) is 1. The largest absolute Gasteiger partial charge is 0.378 e. The molecule has 0 bridgehead atoms. The number of nitrogens with zero attached hydrogens (tertiary/aromatic N) is 4. The van der Waals surface area contributed by atoms with E-state index in [1.165, 1.54) is 33.9 Å². The van der Waals surface area contributed by atoms with Gasteiger partial charge < -0.3 is 24.3 Å². The molecule has 0 N–H and O–H groups in total. The molecule has 4 rings (SSSR count). The second-order valence-corrected chi connectivity index (χ2v) is 12.3. The molecule has 0 radical (unpaired) electrons. The summed E-state index contributed by atoms with van der Waals surface area (Å²) in [6, 6.07) is 31.3. The van der Waals surface area contributed by atoms with Crippen LogP contribution in [0.4, 0.5) is 22.7 Å². The summed E-state index contributed by atoms with van der Waals surface area (Å²) in [6.45, 7) is 17.2. The Balaban J connectivity index is 1.86. The maximum atomic E-state index is 7.36. The van der Waals surface area contributed by atoms with Crippen molar-refractivity contribution >= 4 is 22.7 Å². The summed E-state index contributed by atoms with van der Waals surface area (Å²) in [6.07, 6.45) is -0.515. The molecule has 0 heterocycles. The van der Waals surface area contributed by atoms with E-state index >= 15 is 0 Å². The van der Waals surface area contributed by atoms with Gasteiger partial charge in [-0.1, -0.05) is 48.5 Å². The van der Waals surface area contributed by atoms with E-state index in [2.05, 4.69) is 174 Å². The van der Waals surface area contributed by atoms with E-state index in [1.54, 1.807) is 0 Å². The molecule has 4 aromatic rings. The maximum Gasteiger partial charge on any atom is 0.109 e. The number of hydrogen-bond acceptors (Lipinski definition) is 5. The first kappa shape index (κ1) is 33.9. The Bertz CT molecular complexity index is 1390. The zero-order chi connectivity index (χ0) is 32.7. The molecular weight excluding hydrogens is 552 g/mol. The number of benzene rings is 4. The summed E-state index contributed by atoms with van der Waals surface area (Å²) < 4.78 is 7.36. The lowest BCUT2D eigenvalue weighted by Gasteiger charge is -2.30. The van der Waals surface area contributed by atoms with Crippen LogP contribution in [0.25, 0.3) is 0 Å². The average molecular weight is 607 g/mol. The predicted octanol–water partition coefficient (Wildman–Crippen LogP) is 9.02. The number of rotatable bonds is 14. The summed E-state index contributed by atoms with van der Waals surface area (Å²) in [5.74, 6) is 0. The van der Waals surface area contributed by atoms with Crippen LogP contribution in [-0.2, 0) is 4.74 Å². The fraction of sp³-hybridized carbons (Fsp3) is 0.400. The summed E-state index contributed by atoms with van der Waals surface area (Å²) in [7, 11) is 8.32. The molecule has 0 aliphatic rings. The third kappa shape index (κ3) is 7.83. The van der Waals surface area contributed by atoms with Gasteiger partial charge in [0, 0.05) is 77.1 Å². The first-order valence-corrected chi connectivity index (χ1v) is 16.5. The first-order chi connectivity index (χ1) is 21.6. The third-order valence-electron chi connectivity index (χ3n) is 8.95. The van der Waals surface area contributed by atoms with Gasteiger partial charge in [0.1, 0.15) is 12.2 Å². The van der Waals surface area contributed by atoms with Crippen molar-refractivity contribution in [2.24, 2.45) is 0 Å². The van der Waals surface area contributed by atoms with Gasteiger partial charge in [-0.05, 0) is 111 Å². The van der Waals surface area contributed by atoms with Crippen molar-refractivity contribution in [3.8, 4) is 0 Å². The Morgan fingerprint density at radius 1 is 0.467 bits per heavy atom. The predicted molar refractivity (Wildman–Crippen MR) is 196 cm³/mol. The molecule has 5 nitrogen and oxygen atoms in total. The van der Waals surface area contributed by atoms with Crippen molar-refractivity contribution in [1.82, 2.24) is 0 Å². The van der Waals surface area contributed by atoms with Crippen molar-refractivity contribution in [3.05, 3.63) is 118 Å². The topological polar surface area (TPSA) is 22.2 Å². The summed E-state index contributed by atoms with van der Waals surface area (Å²) in [5.41, 5.74) is 12.0. The van der Waals surface area contributed by atoms with Crippen LogP contribution in [0, 0.1) is 13.8 Å². The van der Waals surface area contributed by atoms with Crippen molar-refractivity contribution < 1.29 is 4.74 Å². The number of hydrogen-bond donors (Lipinski definition) is 0. The zero-order valence-corrected chi connectivity index (χ0v) is 29.3. The highest BCUT2D eigenvalue weighted by Crippen LogP contribution is 2.39. The van der Waals surface area contributed by atoms with Crippen molar-refractivity contribution in [3.63, 3.8) is 0 Å². The zero-order valence-electron chi connectivity index (χ0n) is 29.3. The van der Waals surface area contributed by atoms with E-state index in [4.69, 9.17) is 4.74 Å². The molecular formula is C40H54N4O. The smallest absolute Gasteiger partial charge is 0.109 e. The fourth-order valence-electron chi connectivity index (χ4n) is 6.25. The molecule has 5 heteroatoms. The summed E-state index contributed by atoms with van der Waals surface area (Å²) in [4.78, 5) is 9.10. The molecule has 4 aromatic carbocycles. The normalized spacial score (nSPS) is 12.5. The highest BCUT2D eigenvalue weighted by Gasteiger charge is 2.25. The van der Waals surface area contributed by atoms with Crippen LogP contribution in [0.1, 0.15) is 73.3 Å². The van der Waals surface area contributed by atoms with Gasteiger partial charge in [0.15, 0.2) is 0 Å². The third-order valence-corrected chi connectivity index (χ3v) is 8.95. The van der Waals surface area contributed by atoms with Gasteiger partial charge in [-0.2, -0.15) is 0 Å². The minimum Gasteiger partial charge on any atom is -0.378 e. The second-order valence-electron chi connectivity index (χ2n) is 12.3. The van der Waals surface area contributed by atoms with E-state index in [0.717, 1.165) is 48.4 Å². The van der Waals surface area contributed by atoms with Gasteiger partial charge in [-0.3, -0.25) is 0 Å². The molecule has 0 spiro atoms. The lowest BCUT2D eigenvalue weighted by Crippen LogP contribution is -2.23. The van der Waals surface area contributed by atoms with Gasteiger partial charge in [0.25, 0.3) is 0 Å². The van der Waals surface area contributed by atoms with E-state index < -0.39 is 0 Å². The van der Waals surface area contributed by atoms with Crippen LogP contribution >= 0.6 is 0 Å². The molecule has 2 unspecified atom stereocenters.